The molecule has 0 aromatic carbocycles. The number of hydrogen-bond acceptors (Lipinski definition) is 5. The van der Waals surface area contributed by atoms with E-state index < -0.39 is 0 Å². The Balaban J connectivity index is 1.48. The van der Waals surface area contributed by atoms with Crippen LogP contribution in [0.5, 0.6) is 0 Å². The Labute approximate surface area is 147 Å². The monoisotopic (exact) mass is 345 g/mol. The van der Waals surface area contributed by atoms with Crippen LogP contribution in [0.2, 0.25) is 0 Å². The molecule has 3 N–H and O–H groups in total. The molecule has 3 heterocycles. The van der Waals surface area contributed by atoms with Gasteiger partial charge >= 0.3 is 0 Å². The van der Waals surface area contributed by atoms with Gasteiger partial charge in [0.05, 0.1) is 0 Å². The second-order valence-electron chi connectivity index (χ2n) is 6.63. The van der Waals surface area contributed by atoms with Crippen LogP contribution in [-0.2, 0) is 17.8 Å². The Morgan fingerprint density at radius 1 is 1.40 bits per heavy atom. The van der Waals surface area contributed by atoms with Crippen molar-refractivity contribution in [1.29, 1.82) is 0 Å². The van der Waals surface area contributed by atoms with Crippen molar-refractivity contribution in [3.8, 4) is 0 Å². The molecule has 0 unspecified atom stereocenters. The van der Waals surface area contributed by atoms with Gasteiger partial charge in [-0.05, 0) is 19.3 Å². The first kappa shape index (κ1) is 17.4. The third-order valence-corrected chi connectivity index (χ3v) is 4.84. The zero-order valence-corrected chi connectivity index (χ0v) is 14.8. The van der Waals surface area contributed by atoms with Crippen molar-refractivity contribution in [1.82, 2.24) is 29.6 Å². The summed E-state index contributed by atoms with van der Waals surface area (Å²) in [6, 6.07) is 0. The molecular weight excluding hydrogens is 318 g/mol. The highest BCUT2D eigenvalue weighted by atomic mass is 16.2. The second kappa shape index (κ2) is 8.13. The van der Waals surface area contributed by atoms with E-state index in [0.29, 0.717) is 24.6 Å². The highest BCUT2D eigenvalue weighted by molar-refractivity contribution is 5.76. The van der Waals surface area contributed by atoms with Crippen LogP contribution in [0.3, 0.4) is 0 Å². The predicted molar refractivity (Wildman–Crippen MR) is 94.8 cm³/mol. The molecule has 0 radical (unpaired) electrons. The summed E-state index contributed by atoms with van der Waals surface area (Å²) < 4.78 is 2.28. The zero-order chi connectivity index (χ0) is 17.6. The van der Waals surface area contributed by atoms with Gasteiger partial charge in [0.1, 0.15) is 11.6 Å². The van der Waals surface area contributed by atoms with Gasteiger partial charge in [-0.1, -0.05) is 13.3 Å². The lowest BCUT2D eigenvalue weighted by Crippen LogP contribution is -2.38. The normalized spacial score (nSPS) is 15.6. The molecule has 0 spiro atoms. The maximum absolute atomic E-state index is 12.4. The van der Waals surface area contributed by atoms with Gasteiger partial charge in [0.15, 0.2) is 0 Å². The number of nitrogen functional groups attached to an aromatic ring is 1. The topological polar surface area (TPSA) is 106 Å². The van der Waals surface area contributed by atoms with Crippen molar-refractivity contribution < 1.29 is 4.79 Å². The van der Waals surface area contributed by atoms with E-state index in [1.807, 2.05) is 11.1 Å². The van der Waals surface area contributed by atoms with E-state index in [9.17, 15) is 4.79 Å². The smallest absolute Gasteiger partial charge is 0.239 e. The first-order valence-corrected chi connectivity index (χ1v) is 9.13. The van der Waals surface area contributed by atoms with E-state index in [1.54, 1.807) is 0 Å². The molecule has 2 aromatic heterocycles. The lowest BCUT2D eigenvalue weighted by atomic mass is 9.95. The van der Waals surface area contributed by atoms with E-state index in [-0.39, 0.29) is 11.9 Å². The molecule has 0 saturated carbocycles. The molecule has 1 aliphatic heterocycles. The van der Waals surface area contributed by atoms with Crippen LogP contribution in [0, 0.1) is 0 Å². The maximum Gasteiger partial charge on any atom is 0.239 e. The lowest BCUT2D eigenvalue weighted by Gasteiger charge is -2.32. The van der Waals surface area contributed by atoms with Crippen LogP contribution < -0.4 is 5.73 Å². The van der Waals surface area contributed by atoms with Crippen LogP contribution in [0.25, 0.3) is 0 Å². The molecule has 0 bridgehead atoms. The van der Waals surface area contributed by atoms with Crippen molar-refractivity contribution in [3.63, 3.8) is 0 Å². The van der Waals surface area contributed by atoms with Gasteiger partial charge in [0, 0.05) is 50.8 Å². The molecule has 2 aromatic rings. The van der Waals surface area contributed by atoms with Crippen molar-refractivity contribution in [2.24, 2.45) is 0 Å². The van der Waals surface area contributed by atoms with Gasteiger partial charge in [-0.15, -0.1) is 5.10 Å². The molecule has 1 saturated heterocycles. The number of imidazole rings is 1. The average Bonchev–Trinajstić information content (AvgIpc) is 3.26. The van der Waals surface area contributed by atoms with Crippen molar-refractivity contribution in [3.05, 3.63) is 24.0 Å². The number of nitrogens with one attached hydrogen (secondary N) is 1. The SMILES string of the molecule is CCCCn1ccnc1C1CCN(C(=O)CCc2nc(N)n[nH]2)CC1. The number of carbonyl (C=O) groups is 1. The summed E-state index contributed by atoms with van der Waals surface area (Å²) >= 11 is 0. The molecule has 0 aliphatic carbocycles. The molecule has 8 heteroatoms. The number of likely N-dealkylation sites (tertiary alicyclic amines) is 1. The number of nitrogens with two attached hydrogens (primary N) is 1. The molecule has 136 valence electrons. The van der Waals surface area contributed by atoms with Gasteiger partial charge in [0.25, 0.3) is 0 Å². The highest BCUT2D eigenvalue weighted by Gasteiger charge is 2.26. The fraction of sp³-hybridized carbons (Fsp3) is 0.647. The number of aryl methyl sites for hydroxylation is 2. The minimum atomic E-state index is 0.169. The fourth-order valence-corrected chi connectivity index (χ4v) is 3.39. The summed E-state index contributed by atoms with van der Waals surface area (Å²) in [6.07, 6.45) is 9.26. The summed E-state index contributed by atoms with van der Waals surface area (Å²) in [4.78, 5) is 23.0. The quantitative estimate of drug-likeness (QED) is 0.795. The Morgan fingerprint density at radius 2 is 2.20 bits per heavy atom. The molecule has 1 fully saturated rings. The number of piperidine rings is 1. The number of nitrogens with zero attached hydrogens (tertiary/aromatic N) is 5. The Hall–Kier alpha value is -2.38. The number of H-pyrrole nitrogens is 1. The maximum atomic E-state index is 12.4. The fourth-order valence-electron chi connectivity index (χ4n) is 3.39. The van der Waals surface area contributed by atoms with Crippen molar-refractivity contribution in [2.45, 2.75) is 57.9 Å². The first-order valence-electron chi connectivity index (χ1n) is 9.13. The van der Waals surface area contributed by atoms with Gasteiger partial charge in [0.2, 0.25) is 11.9 Å². The van der Waals surface area contributed by atoms with Crippen LogP contribution in [0.15, 0.2) is 12.4 Å². The number of aromatic amines is 1. The third kappa shape index (κ3) is 4.37. The van der Waals surface area contributed by atoms with E-state index in [2.05, 4.69) is 37.9 Å². The molecule has 1 aliphatic rings. The standard InChI is InChI=1S/C17H27N7O/c1-2-3-9-24-12-8-19-16(24)13-6-10-23(11-7-13)15(25)5-4-14-20-17(18)22-21-14/h8,12-13H,2-7,9-11H2,1H3,(H3,18,20,21,22). The van der Waals surface area contributed by atoms with Crippen LogP contribution in [0.1, 0.15) is 56.6 Å². The Kier molecular flexibility index (Phi) is 5.67. The zero-order valence-electron chi connectivity index (χ0n) is 14.8. The molecular formula is C17H27N7O. The van der Waals surface area contributed by atoms with E-state index in [1.165, 1.54) is 18.7 Å². The number of hydrogen-bond donors (Lipinski definition) is 2. The molecule has 3 rings (SSSR count). The number of carbonyl (C=O) groups excluding carboxylic acids is 1. The van der Waals surface area contributed by atoms with Crippen LogP contribution in [0.4, 0.5) is 5.95 Å². The third-order valence-electron chi connectivity index (χ3n) is 4.84. The second-order valence-corrected chi connectivity index (χ2v) is 6.63. The predicted octanol–water partition coefficient (Wildman–Crippen LogP) is 1.72. The van der Waals surface area contributed by atoms with Crippen LogP contribution in [-0.4, -0.2) is 48.6 Å². The Morgan fingerprint density at radius 3 is 2.88 bits per heavy atom. The number of rotatable bonds is 7. The molecule has 0 atom stereocenters. The van der Waals surface area contributed by atoms with Gasteiger partial charge in [-0.3, -0.25) is 9.89 Å². The van der Waals surface area contributed by atoms with E-state index in [0.717, 1.165) is 32.5 Å². The largest absolute Gasteiger partial charge is 0.367 e. The van der Waals surface area contributed by atoms with Gasteiger partial charge in [-0.25, -0.2) is 4.98 Å². The highest BCUT2D eigenvalue weighted by Crippen LogP contribution is 2.27. The van der Waals surface area contributed by atoms with Gasteiger partial charge < -0.3 is 15.2 Å². The lowest BCUT2D eigenvalue weighted by molar-refractivity contribution is -0.132. The van der Waals surface area contributed by atoms with E-state index >= 15 is 0 Å². The molecule has 8 nitrogen and oxygen atoms in total. The minimum absolute atomic E-state index is 0.169. The number of unbranched alkanes of at least 4 members (excludes halogenated alkanes) is 1. The summed E-state index contributed by atoms with van der Waals surface area (Å²) in [5.41, 5.74) is 5.48. The number of amides is 1. The van der Waals surface area contributed by atoms with Crippen LogP contribution >= 0.6 is 0 Å². The van der Waals surface area contributed by atoms with Crippen molar-refractivity contribution in [2.75, 3.05) is 18.8 Å². The Bertz CT molecular complexity index is 685. The molecule has 1 amide bonds. The van der Waals surface area contributed by atoms with Gasteiger partial charge in [-0.2, -0.15) is 4.98 Å². The summed E-state index contributed by atoms with van der Waals surface area (Å²) in [6.45, 7) is 4.82. The summed E-state index contributed by atoms with van der Waals surface area (Å²) in [5.74, 6) is 2.69. The van der Waals surface area contributed by atoms with Crippen molar-refractivity contribution >= 4 is 11.9 Å². The first-order chi connectivity index (χ1) is 12.2. The minimum Gasteiger partial charge on any atom is -0.367 e. The summed E-state index contributed by atoms with van der Waals surface area (Å²) in [7, 11) is 0. The molecule has 25 heavy (non-hydrogen) atoms. The number of anilines is 1. The van der Waals surface area contributed by atoms with E-state index in [4.69, 9.17) is 5.73 Å². The average molecular weight is 345 g/mol. The number of aromatic nitrogens is 5. The summed E-state index contributed by atoms with van der Waals surface area (Å²) in [5, 5.41) is 6.53.